The first kappa shape index (κ1) is 27.5. The highest BCUT2D eigenvalue weighted by molar-refractivity contribution is 6.30. The van der Waals surface area contributed by atoms with Gasteiger partial charge in [-0.1, -0.05) is 56.8 Å². The molecular weight excluding hydrogens is 466 g/mol. The Labute approximate surface area is 214 Å². The van der Waals surface area contributed by atoms with Gasteiger partial charge in [-0.15, -0.1) is 0 Å². The van der Waals surface area contributed by atoms with Crippen LogP contribution >= 0.6 is 11.6 Å². The van der Waals surface area contributed by atoms with Gasteiger partial charge in [0.05, 0.1) is 19.7 Å². The van der Waals surface area contributed by atoms with E-state index in [0.29, 0.717) is 30.6 Å². The third kappa shape index (κ3) is 7.68. The van der Waals surface area contributed by atoms with E-state index in [4.69, 9.17) is 16.3 Å². The summed E-state index contributed by atoms with van der Waals surface area (Å²) >= 11 is 6.01. The maximum absolute atomic E-state index is 13.5. The number of nitrogens with zero attached hydrogens (tertiary/aromatic N) is 2. The van der Waals surface area contributed by atoms with Crippen molar-refractivity contribution in [2.75, 3.05) is 26.7 Å². The fourth-order valence-electron chi connectivity index (χ4n) is 5.28. The Morgan fingerprint density at radius 1 is 1.03 bits per heavy atom. The van der Waals surface area contributed by atoms with Crippen LogP contribution in [0.5, 0.6) is 0 Å². The van der Waals surface area contributed by atoms with E-state index >= 15 is 0 Å². The van der Waals surface area contributed by atoms with Gasteiger partial charge in [0.1, 0.15) is 0 Å². The molecule has 1 unspecified atom stereocenters. The van der Waals surface area contributed by atoms with Gasteiger partial charge in [0, 0.05) is 36.1 Å². The molecule has 8 heteroatoms. The average Bonchev–Trinajstić information content (AvgIpc) is 2.88. The van der Waals surface area contributed by atoms with E-state index in [1.165, 1.54) is 26.4 Å². The van der Waals surface area contributed by atoms with E-state index < -0.39 is 12.0 Å². The van der Waals surface area contributed by atoms with Crippen LogP contribution in [0, 0.1) is 5.92 Å². The molecule has 1 N–H and O–H groups in total. The highest BCUT2D eigenvalue weighted by Gasteiger charge is 2.36. The van der Waals surface area contributed by atoms with Crippen molar-refractivity contribution in [3.05, 3.63) is 34.9 Å². The summed E-state index contributed by atoms with van der Waals surface area (Å²) in [7, 11) is 1.33. The SMILES string of the molecule is COC(=O)CNC(Cc1ccc(Cl)cc1)C(=O)N1CCC(N(C(=O)C(C)C)C2CCCCC2)CC1. The fourth-order valence-corrected chi connectivity index (χ4v) is 5.41. The Balaban J connectivity index is 1.66. The predicted octanol–water partition coefficient (Wildman–Crippen LogP) is 3.82. The van der Waals surface area contributed by atoms with Gasteiger partial charge in [-0.3, -0.25) is 19.7 Å². The van der Waals surface area contributed by atoms with Crippen LogP contribution in [0.2, 0.25) is 5.02 Å². The van der Waals surface area contributed by atoms with Crippen LogP contribution in [0.25, 0.3) is 0 Å². The van der Waals surface area contributed by atoms with Gasteiger partial charge in [0.25, 0.3) is 0 Å². The van der Waals surface area contributed by atoms with Crippen molar-refractivity contribution < 1.29 is 19.1 Å². The fraction of sp³-hybridized carbons (Fsp3) is 0.667. The standard InChI is InChI=1S/C27H40ClN3O4/c1-19(2)26(33)31(22-7-5-4-6-8-22)23-13-15-30(16-14-23)27(34)24(29-18-25(32)35-3)17-20-9-11-21(28)12-10-20/h9-12,19,22-24,29H,4-8,13-18H2,1-3H3. The number of carbonyl (C=O) groups is 3. The lowest BCUT2D eigenvalue weighted by atomic mass is 9.90. The molecule has 1 saturated carbocycles. The number of likely N-dealkylation sites (tertiary alicyclic amines) is 1. The van der Waals surface area contributed by atoms with Gasteiger partial charge in [-0.05, 0) is 49.8 Å². The second-order valence-electron chi connectivity index (χ2n) is 10.1. The number of hydrogen-bond donors (Lipinski definition) is 1. The monoisotopic (exact) mass is 505 g/mol. The first-order valence-electron chi connectivity index (χ1n) is 13.0. The zero-order chi connectivity index (χ0) is 25.4. The lowest BCUT2D eigenvalue weighted by Gasteiger charge is -2.45. The smallest absolute Gasteiger partial charge is 0.319 e. The third-order valence-electron chi connectivity index (χ3n) is 7.26. The molecule has 194 valence electrons. The quantitative estimate of drug-likeness (QED) is 0.516. The van der Waals surface area contributed by atoms with Crippen molar-refractivity contribution in [2.45, 2.75) is 83.3 Å². The number of hydrogen-bond acceptors (Lipinski definition) is 5. The highest BCUT2D eigenvalue weighted by atomic mass is 35.5. The van der Waals surface area contributed by atoms with E-state index in [2.05, 4.69) is 10.2 Å². The lowest BCUT2D eigenvalue weighted by molar-refractivity contribution is -0.143. The Morgan fingerprint density at radius 2 is 1.63 bits per heavy atom. The second-order valence-corrected chi connectivity index (χ2v) is 10.5. The number of halogens is 1. The third-order valence-corrected chi connectivity index (χ3v) is 7.51. The molecule has 2 fully saturated rings. The Morgan fingerprint density at radius 3 is 2.20 bits per heavy atom. The number of rotatable bonds is 9. The number of benzene rings is 1. The van der Waals surface area contributed by atoms with E-state index in [1.54, 1.807) is 12.1 Å². The average molecular weight is 506 g/mol. The predicted molar refractivity (Wildman–Crippen MR) is 137 cm³/mol. The van der Waals surface area contributed by atoms with Gasteiger partial charge in [-0.2, -0.15) is 0 Å². The van der Waals surface area contributed by atoms with Crippen molar-refractivity contribution in [1.82, 2.24) is 15.1 Å². The zero-order valence-electron chi connectivity index (χ0n) is 21.3. The molecule has 1 aromatic rings. The van der Waals surface area contributed by atoms with Crippen LogP contribution in [0.4, 0.5) is 0 Å². The number of nitrogens with one attached hydrogen (secondary N) is 1. The molecule has 2 aliphatic rings. The summed E-state index contributed by atoms with van der Waals surface area (Å²) in [6, 6.07) is 7.35. The largest absolute Gasteiger partial charge is 0.468 e. The molecule has 0 bridgehead atoms. The normalized spacial score (nSPS) is 18.4. The van der Waals surface area contributed by atoms with Crippen molar-refractivity contribution in [2.24, 2.45) is 5.92 Å². The van der Waals surface area contributed by atoms with Crippen molar-refractivity contribution in [3.8, 4) is 0 Å². The highest BCUT2D eigenvalue weighted by Crippen LogP contribution is 2.29. The molecule has 1 aliphatic heterocycles. The number of amides is 2. The Kier molecular flexibility index (Phi) is 10.4. The maximum atomic E-state index is 13.5. The van der Waals surface area contributed by atoms with Crippen LogP contribution < -0.4 is 5.32 Å². The minimum atomic E-state index is -0.543. The van der Waals surface area contributed by atoms with E-state index in [-0.39, 0.29) is 30.3 Å². The van der Waals surface area contributed by atoms with Gasteiger partial charge >= 0.3 is 5.97 Å². The van der Waals surface area contributed by atoms with Gasteiger partial charge in [0.15, 0.2) is 0 Å². The first-order chi connectivity index (χ1) is 16.8. The summed E-state index contributed by atoms with van der Waals surface area (Å²) in [4.78, 5) is 42.4. The molecule has 3 rings (SSSR count). The molecule has 7 nitrogen and oxygen atoms in total. The number of piperidine rings is 1. The molecule has 0 spiro atoms. The van der Waals surface area contributed by atoms with Crippen LogP contribution in [-0.4, -0.2) is 72.5 Å². The first-order valence-corrected chi connectivity index (χ1v) is 13.3. The van der Waals surface area contributed by atoms with E-state index in [0.717, 1.165) is 31.2 Å². The Bertz CT molecular complexity index is 846. The summed E-state index contributed by atoms with van der Waals surface area (Å²) in [5.74, 6) is -0.223. The molecule has 1 aliphatic carbocycles. The second kappa shape index (κ2) is 13.3. The molecule has 1 atom stereocenters. The topological polar surface area (TPSA) is 79.0 Å². The van der Waals surface area contributed by atoms with E-state index in [1.807, 2.05) is 30.9 Å². The van der Waals surface area contributed by atoms with Crippen molar-refractivity contribution in [3.63, 3.8) is 0 Å². The van der Waals surface area contributed by atoms with Crippen molar-refractivity contribution in [1.29, 1.82) is 0 Å². The minimum Gasteiger partial charge on any atom is -0.468 e. The summed E-state index contributed by atoms with van der Waals surface area (Å²) < 4.78 is 4.75. The summed E-state index contributed by atoms with van der Waals surface area (Å²) in [5.41, 5.74) is 0.964. The molecule has 0 aromatic heterocycles. The number of carbonyl (C=O) groups excluding carboxylic acids is 3. The van der Waals surface area contributed by atoms with Crippen LogP contribution in [0.15, 0.2) is 24.3 Å². The maximum Gasteiger partial charge on any atom is 0.319 e. The van der Waals surface area contributed by atoms with Crippen LogP contribution in [-0.2, 0) is 25.5 Å². The molecule has 35 heavy (non-hydrogen) atoms. The van der Waals surface area contributed by atoms with Crippen LogP contribution in [0.1, 0.15) is 64.4 Å². The summed E-state index contributed by atoms with van der Waals surface area (Å²) in [6.07, 6.45) is 7.80. The number of ether oxygens (including phenoxy) is 1. The number of esters is 1. The van der Waals surface area contributed by atoms with Crippen LogP contribution in [0.3, 0.4) is 0 Å². The molecule has 1 heterocycles. The molecule has 2 amide bonds. The van der Waals surface area contributed by atoms with Crippen molar-refractivity contribution >= 4 is 29.4 Å². The Hall–Kier alpha value is -2.12. The molecule has 1 aromatic carbocycles. The van der Waals surface area contributed by atoms with Gasteiger partial charge in [-0.25, -0.2) is 0 Å². The number of methoxy groups -OCH3 is 1. The van der Waals surface area contributed by atoms with E-state index in [9.17, 15) is 14.4 Å². The molecular formula is C27H40ClN3O4. The minimum absolute atomic E-state index is 0.0251. The summed E-state index contributed by atoms with van der Waals surface area (Å²) in [6.45, 7) is 5.13. The van der Waals surface area contributed by atoms with Gasteiger partial charge < -0.3 is 14.5 Å². The van der Waals surface area contributed by atoms with Gasteiger partial charge in [0.2, 0.25) is 11.8 Å². The molecule has 0 radical (unpaired) electrons. The lowest BCUT2D eigenvalue weighted by Crippen LogP contribution is -2.56. The molecule has 1 saturated heterocycles. The zero-order valence-corrected chi connectivity index (χ0v) is 22.1. The summed E-state index contributed by atoms with van der Waals surface area (Å²) in [5, 5.41) is 3.72.